The fourth-order valence-corrected chi connectivity index (χ4v) is 4.15. The van der Waals surface area contributed by atoms with Crippen molar-refractivity contribution in [3.05, 3.63) is 54.5 Å². The number of sulfone groups is 1. The van der Waals surface area contributed by atoms with Crippen LogP contribution in [0.2, 0.25) is 0 Å². The molecular formula is C20H18FN3O6S2. The van der Waals surface area contributed by atoms with Crippen LogP contribution in [-0.4, -0.2) is 38.6 Å². The lowest BCUT2D eigenvalue weighted by atomic mass is 10.2. The summed E-state index contributed by atoms with van der Waals surface area (Å²) in [6, 6.07) is 10.2. The van der Waals surface area contributed by atoms with Gasteiger partial charge in [0.25, 0.3) is 0 Å². The van der Waals surface area contributed by atoms with Crippen molar-refractivity contribution >= 4 is 43.8 Å². The summed E-state index contributed by atoms with van der Waals surface area (Å²) >= 11 is 0.772. The van der Waals surface area contributed by atoms with Crippen molar-refractivity contribution in [2.75, 3.05) is 24.0 Å². The summed E-state index contributed by atoms with van der Waals surface area (Å²) in [4.78, 5) is 28.3. The molecule has 0 aliphatic rings. The molecule has 9 nitrogen and oxygen atoms in total. The summed E-state index contributed by atoms with van der Waals surface area (Å²) in [6.07, 6.45) is 1.56. The molecule has 0 bridgehead atoms. The van der Waals surface area contributed by atoms with Crippen LogP contribution in [0.25, 0.3) is 0 Å². The Morgan fingerprint density at radius 1 is 1.06 bits per heavy atom. The topological polar surface area (TPSA) is 124 Å². The third kappa shape index (κ3) is 6.02. The molecule has 0 spiro atoms. The van der Waals surface area contributed by atoms with Crippen molar-refractivity contribution < 1.29 is 31.9 Å². The maximum Gasteiger partial charge on any atom is 0.235 e. The fourth-order valence-electron chi connectivity index (χ4n) is 2.50. The Labute approximate surface area is 187 Å². The van der Waals surface area contributed by atoms with E-state index in [0.717, 1.165) is 35.9 Å². The average Bonchev–Trinajstić information content (AvgIpc) is 3.19. The minimum Gasteiger partial charge on any atom is -0.493 e. The molecule has 0 unspecified atom stereocenters. The van der Waals surface area contributed by atoms with Crippen LogP contribution >= 0.6 is 11.3 Å². The summed E-state index contributed by atoms with van der Waals surface area (Å²) < 4.78 is 47.6. The van der Waals surface area contributed by atoms with Gasteiger partial charge in [-0.25, -0.2) is 17.8 Å². The number of nitrogens with zero attached hydrogens (tertiary/aromatic N) is 1. The van der Waals surface area contributed by atoms with Gasteiger partial charge in [-0.3, -0.25) is 9.59 Å². The van der Waals surface area contributed by atoms with Gasteiger partial charge in [-0.05, 0) is 24.3 Å². The van der Waals surface area contributed by atoms with Crippen LogP contribution in [0.5, 0.6) is 17.2 Å². The summed E-state index contributed by atoms with van der Waals surface area (Å²) in [6.45, 7) is 0. The van der Waals surface area contributed by atoms with Gasteiger partial charge in [0, 0.05) is 12.3 Å². The zero-order chi connectivity index (χ0) is 23.3. The number of para-hydroxylation sites is 2. The highest BCUT2D eigenvalue weighted by molar-refractivity contribution is 7.92. The SMILES string of the molecule is COc1ccccc1Oc1cc(F)ccc1NC(=O)CC(=O)Nc1ncc(S(C)(=O)=O)s1. The van der Waals surface area contributed by atoms with E-state index in [2.05, 4.69) is 15.6 Å². The number of aromatic nitrogens is 1. The Kier molecular flexibility index (Phi) is 7.05. The molecule has 2 amide bonds. The number of anilines is 2. The second kappa shape index (κ2) is 9.75. The molecule has 0 aliphatic carbocycles. The quantitative estimate of drug-likeness (QED) is 0.474. The predicted molar refractivity (Wildman–Crippen MR) is 117 cm³/mol. The van der Waals surface area contributed by atoms with E-state index in [1.165, 1.54) is 13.2 Å². The zero-order valence-corrected chi connectivity index (χ0v) is 18.6. The molecule has 3 aromatic rings. The van der Waals surface area contributed by atoms with Crippen molar-refractivity contribution in [3.63, 3.8) is 0 Å². The largest absolute Gasteiger partial charge is 0.493 e. The number of hydrogen-bond acceptors (Lipinski definition) is 8. The van der Waals surface area contributed by atoms with Gasteiger partial charge in [-0.15, -0.1) is 0 Å². The number of nitrogens with one attached hydrogen (secondary N) is 2. The minimum atomic E-state index is -3.45. The van der Waals surface area contributed by atoms with Gasteiger partial charge in [0.05, 0.1) is 19.0 Å². The third-order valence-corrected chi connectivity index (χ3v) is 6.63. The molecule has 168 valence electrons. The van der Waals surface area contributed by atoms with Crippen molar-refractivity contribution in [3.8, 4) is 17.2 Å². The first kappa shape index (κ1) is 23.2. The van der Waals surface area contributed by atoms with Gasteiger partial charge in [0.2, 0.25) is 11.8 Å². The molecule has 0 fully saturated rings. The molecule has 12 heteroatoms. The Morgan fingerprint density at radius 3 is 2.41 bits per heavy atom. The molecule has 2 N–H and O–H groups in total. The van der Waals surface area contributed by atoms with Crippen molar-refractivity contribution in [2.24, 2.45) is 0 Å². The van der Waals surface area contributed by atoms with Crippen LogP contribution in [0.3, 0.4) is 0 Å². The van der Waals surface area contributed by atoms with Crippen molar-refractivity contribution in [1.29, 1.82) is 0 Å². The van der Waals surface area contributed by atoms with E-state index >= 15 is 0 Å². The number of halogens is 1. The number of ether oxygens (including phenoxy) is 2. The maximum atomic E-state index is 13.8. The Balaban J connectivity index is 1.68. The highest BCUT2D eigenvalue weighted by Crippen LogP contribution is 2.35. The van der Waals surface area contributed by atoms with E-state index in [9.17, 15) is 22.4 Å². The van der Waals surface area contributed by atoms with E-state index in [4.69, 9.17) is 9.47 Å². The Morgan fingerprint density at radius 2 is 1.75 bits per heavy atom. The number of carbonyl (C=O) groups excluding carboxylic acids is 2. The molecule has 0 aliphatic heterocycles. The highest BCUT2D eigenvalue weighted by atomic mass is 32.2. The van der Waals surface area contributed by atoms with Crippen LogP contribution in [0, 0.1) is 5.82 Å². The van der Waals surface area contributed by atoms with Crippen LogP contribution in [0.15, 0.2) is 52.9 Å². The third-order valence-electron chi connectivity index (χ3n) is 3.92. The number of benzene rings is 2. The predicted octanol–water partition coefficient (Wildman–Crippen LogP) is 3.45. The van der Waals surface area contributed by atoms with Crippen LogP contribution in [0.1, 0.15) is 6.42 Å². The van der Waals surface area contributed by atoms with Gasteiger partial charge in [-0.1, -0.05) is 23.5 Å². The molecule has 0 atom stereocenters. The van der Waals surface area contributed by atoms with Gasteiger partial charge < -0.3 is 20.1 Å². The smallest absolute Gasteiger partial charge is 0.235 e. The number of rotatable bonds is 8. The Bertz CT molecular complexity index is 1260. The number of methoxy groups -OCH3 is 1. The van der Waals surface area contributed by atoms with Crippen molar-refractivity contribution in [2.45, 2.75) is 10.6 Å². The standard InChI is InChI=1S/C20H18FN3O6S2/c1-29-14-5-3-4-6-15(14)30-16-9-12(21)7-8-13(16)23-17(25)10-18(26)24-20-22-11-19(31-20)32(2,27)28/h3-9,11H,10H2,1-2H3,(H,23,25)(H,22,24,26). The molecule has 3 rings (SSSR count). The first-order valence-electron chi connectivity index (χ1n) is 9.01. The molecule has 32 heavy (non-hydrogen) atoms. The molecule has 1 aromatic heterocycles. The van der Waals surface area contributed by atoms with Crippen LogP contribution < -0.4 is 20.1 Å². The lowest BCUT2D eigenvalue weighted by Gasteiger charge is -2.14. The molecule has 0 saturated carbocycles. The highest BCUT2D eigenvalue weighted by Gasteiger charge is 2.17. The lowest BCUT2D eigenvalue weighted by molar-refractivity contribution is -0.123. The van der Waals surface area contributed by atoms with E-state index in [1.807, 2.05) is 0 Å². The van der Waals surface area contributed by atoms with Gasteiger partial charge in [-0.2, -0.15) is 0 Å². The number of carbonyl (C=O) groups is 2. The molecule has 0 saturated heterocycles. The minimum absolute atomic E-state index is 0.0123. The van der Waals surface area contributed by atoms with E-state index < -0.39 is 33.9 Å². The van der Waals surface area contributed by atoms with E-state index in [1.54, 1.807) is 24.3 Å². The zero-order valence-electron chi connectivity index (χ0n) is 16.9. The first-order chi connectivity index (χ1) is 15.2. The Hall–Kier alpha value is -3.51. The summed E-state index contributed by atoms with van der Waals surface area (Å²) in [5, 5.41) is 4.91. The summed E-state index contributed by atoms with van der Waals surface area (Å²) in [7, 11) is -1.99. The molecule has 0 radical (unpaired) electrons. The monoisotopic (exact) mass is 479 g/mol. The first-order valence-corrected chi connectivity index (χ1v) is 11.7. The second-order valence-corrected chi connectivity index (χ2v) is 9.70. The fraction of sp³-hybridized carbons (Fsp3) is 0.150. The molecular weight excluding hydrogens is 461 g/mol. The average molecular weight is 480 g/mol. The van der Waals surface area contributed by atoms with Gasteiger partial charge >= 0.3 is 0 Å². The van der Waals surface area contributed by atoms with E-state index in [-0.39, 0.29) is 20.8 Å². The number of hydrogen-bond donors (Lipinski definition) is 2. The van der Waals surface area contributed by atoms with Crippen molar-refractivity contribution in [1.82, 2.24) is 4.98 Å². The van der Waals surface area contributed by atoms with Gasteiger partial charge in [0.1, 0.15) is 16.4 Å². The summed E-state index contributed by atoms with van der Waals surface area (Å²) in [5.74, 6) is -1.26. The van der Waals surface area contributed by atoms with Gasteiger partial charge in [0.15, 0.2) is 32.2 Å². The second-order valence-electron chi connectivity index (χ2n) is 6.42. The van der Waals surface area contributed by atoms with E-state index in [0.29, 0.717) is 11.5 Å². The maximum absolute atomic E-state index is 13.8. The van der Waals surface area contributed by atoms with Crippen LogP contribution in [0.4, 0.5) is 15.2 Å². The molecule has 1 heterocycles. The van der Waals surface area contributed by atoms with Crippen LogP contribution in [-0.2, 0) is 19.4 Å². The lowest BCUT2D eigenvalue weighted by Crippen LogP contribution is -2.21. The normalized spacial score (nSPS) is 11.0. The summed E-state index contributed by atoms with van der Waals surface area (Å²) in [5.41, 5.74) is 0.142. The number of thiazole rings is 1. The number of amides is 2. The molecule has 2 aromatic carbocycles.